The molecule has 0 spiro atoms. The highest BCUT2D eigenvalue weighted by Gasteiger charge is 2.28. The van der Waals surface area contributed by atoms with Crippen molar-refractivity contribution in [2.24, 2.45) is 5.73 Å². The van der Waals surface area contributed by atoms with Gasteiger partial charge in [0.25, 0.3) is 5.89 Å². The Labute approximate surface area is 125 Å². The molecule has 1 aliphatic rings. The summed E-state index contributed by atoms with van der Waals surface area (Å²) < 4.78 is 11.9. The molecule has 5 nitrogen and oxygen atoms in total. The summed E-state index contributed by atoms with van der Waals surface area (Å²) in [5.74, 6) is 2.61. The van der Waals surface area contributed by atoms with Crippen LogP contribution in [0.4, 0.5) is 0 Å². The highest BCUT2D eigenvalue weighted by molar-refractivity contribution is 9.10. The first-order chi connectivity index (χ1) is 9.76. The molecular formula is C14H16BrN3O2. The van der Waals surface area contributed by atoms with Crippen LogP contribution in [0.25, 0.3) is 0 Å². The monoisotopic (exact) mass is 337 g/mol. The highest BCUT2D eigenvalue weighted by Crippen LogP contribution is 2.38. The van der Waals surface area contributed by atoms with E-state index in [1.165, 1.54) is 0 Å². The van der Waals surface area contributed by atoms with E-state index in [4.69, 9.17) is 15.0 Å². The molecule has 0 saturated heterocycles. The minimum absolute atomic E-state index is 0.295. The van der Waals surface area contributed by atoms with E-state index >= 15 is 0 Å². The Kier molecular flexibility index (Phi) is 4.03. The number of halogens is 1. The zero-order valence-corrected chi connectivity index (χ0v) is 12.6. The third-order valence-electron chi connectivity index (χ3n) is 3.22. The average molecular weight is 338 g/mol. The fraction of sp³-hybridized carbons (Fsp3) is 0.429. The third kappa shape index (κ3) is 3.19. The predicted octanol–water partition coefficient (Wildman–Crippen LogP) is 2.79. The summed E-state index contributed by atoms with van der Waals surface area (Å²) in [7, 11) is 0. The first kappa shape index (κ1) is 13.6. The van der Waals surface area contributed by atoms with Crippen LogP contribution in [-0.4, -0.2) is 16.7 Å². The van der Waals surface area contributed by atoms with E-state index in [-0.39, 0.29) is 0 Å². The maximum absolute atomic E-state index is 5.69. The van der Waals surface area contributed by atoms with Gasteiger partial charge in [0.05, 0.1) is 0 Å². The second kappa shape index (κ2) is 5.93. The number of nitrogens with zero attached hydrogens (tertiary/aromatic N) is 2. The first-order valence-corrected chi connectivity index (χ1v) is 7.49. The molecule has 0 unspecified atom stereocenters. The van der Waals surface area contributed by atoms with Crippen molar-refractivity contribution >= 4 is 15.9 Å². The van der Waals surface area contributed by atoms with Crippen LogP contribution in [0, 0.1) is 0 Å². The Morgan fingerprint density at radius 3 is 3.00 bits per heavy atom. The summed E-state index contributed by atoms with van der Waals surface area (Å²) in [4.78, 5) is 4.33. The molecular weight excluding hydrogens is 322 g/mol. The predicted molar refractivity (Wildman–Crippen MR) is 77.5 cm³/mol. The van der Waals surface area contributed by atoms with E-state index in [2.05, 4.69) is 26.1 Å². The SMILES string of the molecule is NCCc1cc(OCc2nc(C3CC3)no2)ccc1Br. The zero-order valence-electron chi connectivity index (χ0n) is 11.0. The summed E-state index contributed by atoms with van der Waals surface area (Å²) in [6, 6.07) is 5.85. The Bertz CT molecular complexity index is 596. The van der Waals surface area contributed by atoms with Gasteiger partial charge in [0.1, 0.15) is 5.75 Å². The van der Waals surface area contributed by atoms with E-state index in [1.54, 1.807) is 0 Å². The van der Waals surface area contributed by atoms with Gasteiger partial charge in [-0.2, -0.15) is 4.98 Å². The lowest BCUT2D eigenvalue weighted by molar-refractivity contribution is 0.242. The van der Waals surface area contributed by atoms with E-state index in [0.29, 0.717) is 25.0 Å². The van der Waals surface area contributed by atoms with E-state index in [9.17, 15) is 0 Å². The second-order valence-corrected chi connectivity index (χ2v) is 5.76. The summed E-state index contributed by atoms with van der Waals surface area (Å²) in [6.45, 7) is 0.903. The van der Waals surface area contributed by atoms with Crippen molar-refractivity contribution in [2.45, 2.75) is 31.8 Å². The minimum atomic E-state index is 0.295. The molecule has 1 saturated carbocycles. The molecule has 0 amide bonds. The van der Waals surface area contributed by atoms with Gasteiger partial charge in [-0.05, 0) is 49.6 Å². The molecule has 1 heterocycles. The molecule has 1 fully saturated rings. The quantitative estimate of drug-likeness (QED) is 0.877. The lowest BCUT2D eigenvalue weighted by atomic mass is 10.1. The first-order valence-electron chi connectivity index (χ1n) is 6.70. The molecule has 106 valence electrons. The van der Waals surface area contributed by atoms with E-state index < -0.39 is 0 Å². The second-order valence-electron chi connectivity index (χ2n) is 4.90. The van der Waals surface area contributed by atoms with Crippen molar-refractivity contribution in [1.29, 1.82) is 0 Å². The number of nitrogens with two attached hydrogens (primary N) is 1. The van der Waals surface area contributed by atoms with Gasteiger partial charge in [0.2, 0.25) is 0 Å². The van der Waals surface area contributed by atoms with Crippen molar-refractivity contribution < 1.29 is 9.26 Å². The Hall–Kier alpha value is -1.40. The van der Waals surface area contributed by atoms with Gasteiger partial charge < -0.3 is 15.0 Å². The Balaban J connectivity index is 1.63. The summed E-state index contributed by atoms with van der Waals surface area (Å²) in [5.41, 5.74) is 6.72. The molecule has 0 radical (unpaired) electrons. The molecule has 20 heavy (non-hydrogen) atoms. The van der Waals surface area contributed by atoms with Crippen LogP contribution >= 0.6 is 15.9 Å². The molecule has 0 aliphatic heterocycles. The van der Waals surface area contributed by atoms with Crippen molar-refractivity contribution in [3.8, 4) is 5.75 Å². The van der Waals surface area contributed by atoms with Gasteiger partial charge in [0.15, 0.2) is 12.4 Å². The number of benzene rings is 1. The molecule has 1 aromatic heterocycles. The van der Waals surface area contributed by atoms with Crippen LogP contribution in [0.2, 0.25) is 0 Å². The van der Waals surface area contributed by atoms with Gasteiger partial charge in [-0.25, -0.2) is 0 Å². The van der Waals surface area contributed by atoms with Crippen LogP contribution in [0.3, 0.4) is 0 Å². The molecule has 1 aromatic carbocycles. The van der Waals surface area contributed by atoms with Crippen molar-refractivity contribution in [3.63, 3.8) is 0 Å². The van der Waals surface area contributed by atoms with Gasteiger partial charge in [0, 0.05) is 10.4 Å². The molecule has 2 N–H and O–H groups in total. The van der Waals surface area contributed by atoms with Crippen LogP contribution < -0.4 is 10.5 Å². The van der Waals surface area contributed by atoms with Gasteiger partial charge in [-0.15, -0.1) is 0 Å². The Morgan fingerprint density at radius 1 is 1.40 bits per heavy atom. The van der Waals surface area contributed by atoms with Crippen LogP contribution in [-0.2, 0) is 13.0 Å². The number of ether oxygens (including phenoxy) is 1. The lowest BCUT2D eigenvalue weighted by Crippen LogP contribution is -2.04. The normalized spacial score (nSPS) is 14.5. The third-order valence-corrected chi connectivity index (χ3v) is 3.99. The van der Waals surface area contributed by atoms with Gasteiger partial charge in [-0.3, -0.25) is 0 Å². The van der Waals surface area contributed by atoms with Crippen molar-refractivity contribution in [3.05, 3.63) is 40.0 Å². The van der Waals surface area contributed by atoms with Crippen LogP contribution in [0.5, 0.6) is 5.75 Å². The standard InChI is InChI=1S/C14H16BrN3O2/c15-12-4-3-11(7-10(12)5-6-16)19-8-13-17-14(18-20-13)9-1-2-9/h3-4,7,9H,1-2,5-6,8,16H2. The van der Waals surface area contributed by atoms with E-state index in [1.807, 2.05) is 18.2 Å². The maximum atomic E-state index is 5.69. The summed E-state index contributed by atoms with van der Waals surface area (Å²) >= 11 is 3.50. The molecule has 0 atom stereocenters. The fourth-order valence-corrected chi connectivity index (χ4v) is 2.41. The van der Waals surface area contributed by atoms with Gasteiger partial charge >= 0.3 is 0 Å². The Morgan fingerprint density at radius 2 is 2.25 bits per heavy atom. The van der Waals surface area contributed by atoms with E-state index in [0.717, 1.165) is 40.9 Å². The summed E-state index contributed by atoms with van der Waals surface area (Å²) in [6.07, 6.45) is 3.13. The number of hydrogen-bond acceptors (Lipinski definition) is 5. The molecule has 3 rings (SSSR count). The topological polar surface area (TPSA) is 74.2 Å². The van der Waals surface area contributed by atoms with Crippen LogP contribution in [0.15, 0.2) is 27.2 Å². The van der Waals surface area contributed by atoms with Crippen molar-refractivity contribution in [1.82, 2.24) is 10.1 Å². The number of rotatable bonds is 6. The summed E-state index contributed by atoms with van der Waals surface area (Å²) in [5, 5.41) is 3.96. The number of hydrogen-bond donors (Lipinski definition) is 1. The maximum Gasteiger partial charge on any atom is 0.264 e. The fourth-order valence-electron chi connectivity index (χ4n) is 1.97. The highest BCUT2D eigenvalue weighted by atomic mass is 79.9. The molecule has 0 bridgehead atoms. The largest absolute Gasteiger partial charge is 0.484 e. The minimum Gasteiger partial charge on any atom is -0.484 e. The average Bonchev–Trinajstić information content (AvgIpc) is 3.19. The van der Waals surface area contributed by atoms with Crippen LogP contribution in [0.1, 0.15) is 36.0 Å². The number of aromatic nitrogens is 2. The molecule has 1 aliphatic carbocycles. The van der Waals surface area contributed by atoms with Gasteiger partial charge in [-0.1, -0.05) is 21.1 Å². The zero-order chi connectivity index (χ0) is 13.9. The lowest BCUT2D eigenvalue weighted by Gasteiger charge is -2.07. The molecule has 2 aromatic rings. The molecule has 6 heteroatoms. The smallest absolute Gasteiger partial charge is 0.264 e. The van der Waals surface area contributed by atoms with Crippen molar-refractivity contribution in [2.75, 3.05) is 6.54 Å².